The van der Waals surface area contributed by atoms with Crippen LogP contribution in [0.3, 0.4) is 0 Å². The number of carbonyl (C=O) groups excluding carboxylic acids is 2. The Kier molecular flexibility index (Phi) is 7.49. The van der Waals surface area contributed by atoms with Crippen LogP contribution in [-0.4, -0.2) is 52.3 Å². The summed E-state index contributed by atoms with van der Waals surface area (Å²) in [6, 6.07) is 15.9. The van der Waals surface area contributed by atoms with Crippen LogP contribution in [0.2, 0.25) is 0 Å². The number of benzene rings is 2. The van der Waals surface area contributed by atoms with Crippen LogP contribution in [0.4, 0.5) is 5.82 Å². The van der Waals surface area contributed by atoms with Crippen LogP contribution in [0, 0.1) is 0 Å². The highest BCUT2D eigenvalue weighted by Gasteiger charge is 2.23. The van der Waals surface area contributed by atoms with Gasteiger partial charge in [-0.15, -0.1) is 0 Å². The molecule has 4 rings (SSSR count). The number of hydrogen-bond donors (Lipinski definition) is 1. The molecule has 0 saturated carbocycles. The van der Waals surface area contributed by atoms with Gasteiger partial charge in [-0.05, 0) is 37.3 Å². The number of nitrogens with one attached hydrogen (secondary N) is 1. The van der Waals surface area contributed by atoms with Gasteiger partial charge in [-0.25, -0.2) is 14.2 Å². The molecule has 0 fully saturated rings. The van der Waals surface area contributed by atoms with E-state index in [0.717, 1.165) is 0 Å². The molecule has 0 unspecified atom stereocenters. The van der Waals surface area contributed by atoms with E-state index in [1.807, 2.05) is 18.2 Å². The fraction of sp³-hybridized carbons (Fsp3) is 0.200. The van der Waals surface area contributed by atoms with E-state index in [-0.39, 0.29) is 30.4 Å². The molecule has 1 N–H and O–H groups in total. The van der Waals surface area contributed by atoms with Gasteiger partial charge in [0.25, 0.3) is 5.91 Å². The molecule has 0 atom stereocenters. The minimum atomic E-state index is -0.598. The predicted molar refractivity (Wildman–Crippen MR) is 130 cm³/mol. The third-order valence-corrected chi connectivity index (χ3v) is 5.09. The molecule has 2 aromatic heterocycles. The van der Waals surface area contributed by atoms with E-state index in [9.17, 15) is 9.59 Å². The van der Waals surface area contributed by atoms with Gasteiger partial charge in [0, 0.05) is 6.20 Å². The van der Waals surface area contributed by atoms with Crippen molar-refractivity contribution in [2.75, 3.05) is 26.1 Å². The molecule has 4 aromatic rings. The van der Waals surface area contributed by atoms with Crippen molar-refractivity contribution in [3.05, 3.63) is 78.2 Å². The summed E-state index contributed by atoms with van der Waals surface area (Å²) in [6.07, 6.45) is 2.95. The number of para-hydroxylation sites is 2. The van der Waals surface area contributed by atoms with Crippen LogP contribution in [0.15, 0.2) is 67.0 Å². The molecule has 36 heavy (non-hydrogen) atoms. The second-order valence-corrected chi connectivity index (χ2v) is 7.33. The Morgan fingerprint density at radius 3 is 2.36 bits per heavy atom. The summed E-state index contributed by atoms with van der Waals surface area (Å²) in [5.41, 5.74) is 0.898. The summed E-state index contributed by atoms with van der Waals surface area (Å²) in [7, 11) is 3.06. The number of rotatable bonds is 10. The average Bonchev–Trinajstić information content (AvgIpc) is 3.55. The lowest BCUT2D eigenvalue weighted by atomic mass is 10.3. The van der Waals surface area contributed by atoms with Gasteiger partial charge in [-0.1, -0.05) is 24.3 Å². The smallest absolute Gasteiger partial charge is 0.343 e. The van der Waals surface area contributed by atoms with E-state index < -0.39 is 11.9 Å². The molecule has 0 aliphatic carbocycles. The standard InChI is InChI=1S/C25H25N5O6/c1-4-35-25(32)18-15-26-30(17-9-6-5-7-10-17)23(18)27-24(31)19-13-14-29(28-19)16-36-22-20(33-2)11-8-12-21(22)34-3/h5-15H,4,16H2,1-3H3,(H,27,31). The quantitative estimate of drug-likeness (QED) is 0.335. The lowest BCUT2D eigenvalue weighted by molar-refractivity contribution is 0.0527. The van der Waals surface area contributed by atoms with Gasteiger partial charge in [0.05, 0.1) is 32.7 Å². The molecule has 0 spiro atoms. The van der Waals surface area contributed by atoms with Crippen molar-refractivity contribution < 1.29 is 28.5 Å². The molecule has 11 nitrogen and oxygen atoms in total. The molecule has 0 aliphatic rings. The second kappa shape index (κ2) is 11.1. The third-order valence-electron chi connectivity index (χ3n) is 5.09. The Bertz CT molecular complexity index is 1330. The number of nitrogens with zero attached hydrogens (tertiary/aromatic N) is 4. The number of esters is 1. The zero-order valence-corrected chi connectivity index (χ0v) is 20.0. The topological polar surface area (TPSA) is 119 Å². The van der Waals surface area contributed by atoms with Gasteiger partial charge in [-0.3, -0.25) is 4.79 Å². The molecular weight excluding hydrogens is 466 g/mol. The summed E-state index contributed by atoms with van der Waals surface area (Å²) in [5, 5.41) is 11.3. The van der Waals surface area contributed by atoms with E-state index >= 15 is 0 Å². The molecule has 0 saturated heterocycles. The number of carbonyl (C=O) groups is 2. The Hall–Kier alpha value is -4.80. The minimum Gasteiger partial charge on any atom is -0.493 e. The van der Waals surface area contributed by atoms with Crippen LogP contribution >= 0.6 is 0 Å². The molecule has 2 aromatic carbocycles. The largest absolute Gasteiger partial charge is 0.493 e. The van der Waals surface area contributed by atoms with Crippen LogP contribution in [0.5, 0.6) is 17.2 Å². The van der Waals surface area contributed by atoms with Gasteiger partial charge in [-0.2, -0.15) is 10.2 Å². The summed E-state index contributed by atoms with van der Waals surface area (Å²) >= 11 is 0. The monoisotopic (exact) mass is 491 g/mol. The molecule has 2 heterocycles. The lowest BCUT2D eigenvalue weighted by Gasteiger charge is -2.14. The highest BCUT2D eigenvalue weighted by atomic mass is 16.5. The van der Waals surface area contributed by atoms with Crippen molar-refractivity contribution in [2.24, 2.45) is 0 Å². The average molecular weight is 492 g/mol. The van der Waals surface area contributed by atoms with E-state index in [2.05, 4.69) is 15.5 Å². The van der Waals surface area contributed by atoms with Gasteiger partial charge in [0.2, 0.25) is 5.75 Å². The Labute approximate surface area is 207 Å². The SMILES string of the molecule is CCOC(=O)c1cnn(-c2ccccc2)c1NC(=O)c1ccn(COc2c(OC)cccc2OC)n1. The maximum atomic E-state index is 13.1. The number of methoxy groups -OCH3 is 2. The Morgan fingerprint density at radius 1 is 0.972 bits per heavy atom. The Balaban J connectivity index is 1.54. The van der Waals surface area contributed by atoms with Crippen molar-refractivity contribution in [3.63, 3.8) is 0 Å². The fourth-order valence-corrected chi connectivity index (χ4v) is 3.41. The zero-order chi connectivity index (χ0) is 25.5. The first-order valence-electron chi connectivity index (χ1n) is 11.0. The van der Waals surface area contributed by atoms with Crippen molar-refractivity contribution in [3.8, 4) is 22.9 Å². The van der Waals surface area contributed by atoms with E-state index in [1.165, 1.54) is 35.8 Å². The summed E-state index contributed by atoms with van der Waals surface area (Å²) in [6.45, 7) is 1.89. The highest BCUT2D eigenvalue weighted by Crippen LogP contribution is 2.36. The predicted octanol–water partition coefficient (Wildman–Crippen LogP) is 3.55. The molecule has 0 bridgehead atoms. The first kappa shape index (κ1) is 24.3. The van der Waals surface area contributed by atoms with Gasteiger partial charge in [0.1, 0.15) is 5.56 Å². The summed E-state index contributed by atoms with van der Waals surface area (Å²) in [4.78, 5) is 25.5. The van der Waals surface area contributed by atoms with Crippen molar-refractivity contribution in [2.45, 2.75) is 13.7 Å². The molecule has 0 radical (unpaired) electrons. The number of amides is 1. The van der Waals surface area contributed by atoms with Crippen molar-refractivity contribution in [1.29, 1.82) is 0 Å². The summed E-state index contributed by atoms with van der Waals surface area (Å²) in [5.74, 6) is 0.454. The van der Waals surface area contributed by atoms with Crippen molar-refractivity contribution in [1.82, 2.24) is 19.6 Å². The maximum absolute atomic E-state index is 13.1. The Morgan fingerprint density at radius 2 is 1.69 bits per heavy atom. The summed E-state index contributed by atoms with van der Waals surface area (Å²) < 4.78 is 24.5. The number of hydrogen-bond acceptors (Lipinski definition) is 8. The van der Waals surface area contributed by atoms with Crippen LogP contribution in [0.1, 0.15) is 27.8 Å². The maximum Gasteiger partial charge on any atom is 0.343 e. The fourth-order valence-electron chi connectivity index (χ4n) is 3.41. The number of aromatic nitrogens is 4. The van der Waals surface area contributed by atoms with Gasteiger partial charge >= 0.3 is 5.97 Å². The van der Waals surface area contributed by atoms with E-state index in [4.69, 9.17) is 18.9 Å². The van der Waals surface area contributed by atoms with Crippen molar-refractivity contribution >= 4 is 17.7 Å². The lowest BCUT2D eigenvalue weighted by Crippen LogP contribution is -2.19. The van der Waals surface area contributed by atoms with Gasteiger partial charge < -0.3 is 24.3 Å². The second-order valence-electron chi connectivity index (χ2n) is 7.33. The van der Waals surface area contributed by atoms with E-state index in [0.29, 0.717) is 22.9 Å². The van der Waals surface area contributed by atoms with Crippen LogP contribution in [0.25, 0.3) is 5.69 Å². The highest BCUT2D eigenvalue weighted by molar-refractivity contribution is 6.06. The number of anilines is 1. The first-order valence-corrected chi connectivity index (χ1v) is 11.0. The van der Waals surface area contributed by atoms with Crippen LogP contribution < -0.4 is 19.5 Å². The normalized spacial score (nSPS) is 10.5. The molecule has 1 amide bonds. The van der Waals surface area contributed by atoms with Gasteiger partial charge in [0.15, 0.2) is 29.7 Å². The first-order chi connectivity index (χ1) is 17.5. The van der Waals surface area contributed by atoms with Crippen LogP contribution in [-0.2, 0) is 11.5 Å². The molecule has 0 aliphatic heterocycles. The number of ether oxygens (including phenoxy) is 4. The molecular formula is C25H25N5O6. The third kappa shape index (κ3) is 5.14. The molecule has 186 valence electrons. The zero-order valence-electron chi connectivity index (χ0n) is 20.0. The molecule has 11 heteroatoms. The van der Waals surface area contributed by atoms with E-state index in [1.54, 1.807) is 43.5 Å². The minimum absolute atomic E-state index is 0.0000369.